The molecule has 0 aromatic heterocycles. The first-order valence-electron chi connectivity index (χ1n) is 6.87. The molecule has 1 heterocycles. The van der Waals surface area contributed by atoms with Crippen molar-refractivity contribution in [1.29, 1.82) is 0 Å². The van der Waals surface area contributed by atoms with Gasteiger partial charge < -0.3 is 10.6 Å². The van der Waals surface area contributed by atoms with Gasteiger partial charge in [0.1, 0.15) is 0 Å². The lowest BCUT2D eigenvalue weighted by atomic mass is 10.0. The highest BCUT2D eigenvalue weighted by molar-refractivity contribution is 5.95. The van der Waals surface area contributed by atoms with E-state index in [1.54, 1.807) is 0 Å². The van der Waals surface area contributed by atoms with Gasteiger partial charge in [-0.25, -0.2) is 0 Å². The Morgan fingerprint density at radius 1 is 1.44 bits per heavy atom. The van der Waals surface area contributed by atoms with Gasteiger partial charge in [-0.15, -0.1) is 0 Å². The molecule has 1 fully saturated rings. The lowest BCUT2D eigenvalue weighted by Crippen LogP contribution is -2.30. The highest BCUT2D eigenvalue weighted by atomic mass is 16.1. The molecule has 3 heteroatoms. The maximum atomic E-state index is 12.1. The Hall–Kier alpha value is -1.51. The molecule has 1 aromatic rings. The van der Waals surface area contributed by atoms with Crippen LogP contribution in [0.15, 0.2) is 18.2 Å². The smallest absolute Gasteiger partial charge is 0.251 e. The Morgan fingerprint density at radius 2 is 2.28 bits per heavy atom. The van der Waals surface area contributed by atoms with Crippen molar-refractivity contribution in [3.05, 3.63) is 29.3 Å². The Morgan fingerprint density at radius 3 is 3.00 bits per heavy atom. The van der Waals surface area contributed by atoms with Gasteiger partial charge in [-0.3, -0.25) is 4.79 Å². The number of rotatable bonds is 4. The zero-order valence-corrected chi connectivity index (χ0v) is 10.9. The van der Waals surface area contributed by atoms with Gasteiger partial charge in [-0.2, -0.15) is 0 Å². The molecule has 3 rings (SSSR count). The van der Waals surface area contributed by atoms with Crippen LogP contribution < -0.4 is 10.6 Å². The van der Waals surface area contributed by atoms with E-state index < -0.39 is 0 Å². The number of carbonyl (C=O) groups is 1. The Bertz CT molecular complexity index is 477. The molecule has 1 aliphatic carbocycles. The number of hydrogen-bond donors (Lipinski definition) is 2. The summed E-state index contributed by atoms with van der Waals surface area (Å²) >= 11 is 0. The molecule has 18 heavy (non-hydrogen) atoms. The minimum absolute atomic E-state index is 0.0735. The van der Waals surface area contributed by atoms with Crippen molar-refractivity contribution in [2.45, 2.75) is 32.6 Å². The summed E-state index contributed by atoms with van der Waals surface area (Å²) in [5, 5.41) is 6.39. The second-order valence-electron chi connectivity index (χ2n) is 5.58. The van der Waals surface area contributed by atoms with E-state index in [9.17, 15) is 4.79 Å². The highest BCUT2D eigenvalue weighted by Gasteiger charge is 2.40. The first-order chi connectivity index (χ1) is 8.72. The summed E-state index contributed by atoms with van der Waals surface area (Å²) in [6, 6.07) is 5.96. The van der Waals surface area contributed by atoms with Gasteiger partial charge in [0, 0.05) is 24.3 Å². The molecule has 1 aliphatic heterocycles. The maximum Gasteiger partial charge on any atom is 0.251 e. The molecule has 1 saturated carbocycles. The lowest BCUT2D eigenvalue weighted by Gasteiger charge is -2.13. The van der Waals surface area contributed by atoms with Crippen LogP contribution in [0.5, 0.6) is 0 Å². The van der Waals surface area contributed by atoms with E-state index >= 15 is 0 Å². The van der Waals surface area contributed by atoms with Crippen LogP contribution in [-0.4, -0.2) is 19.0 Å². The fraction of sp³-hybridized carbons (Fsp3) is 0.533. The third kappa shape index (κ3) is 2.09. The van der Waals surface area contributed by atoms with E-state index in [1.165, 1.54) is 30.5 Å². The average molecular weight is 244 g/mol. The molecule has 0 unspecified atom stereocenters. The van der Waals surface area contributed by atoms with E-state index in [0.29, 0.717) is 5.41 Å². The minimum atomic E-state index is 0.0735. The van der Waals surface area contributed by atoms with E-state index in [1.807, 2.05) is 18.2 Å². The largest absolute Gasteiger partial charge is 0.384 e. The van der Waals surface area contributed by atoms with Crippen LogP contribution in [0.1, 0.15) is 42.1 Å². The van der Waals surface area contributed by atoms with Crippen molar-refractivity contribution in [2.24, 2.45) is 5.41 Å². The van der Waals surface area contributed by atoms with Crippen molar-refractivity contribution < 1.29 is 4.79 Å². The molecule has 1 aromatic carbocycles. The van der Waals surface area contributed by atoms with E-state index in [-0.39, 0.29) is 5.91 Å². The molecule has 0 atom stereocenters. The van der Waals surface area contributed by atoms with E-state index in [0.717, 1.165) is 25.1 Å². The van der Waals surface area contributed by atoms with Gasteiger partial charge in [0.25, 0.3) is 5.91 Å². The number of fused-ring (bicyclic) bond motifs is 1. The number of anilines is 1. The van der Waals surface area contributed by atoms with E-state index in [4.69, 9.17) is 0 Å². The van der Waals surface area contributed by atoms with Crippen molar-refractivity contribution >= 4 is 11.6 Å². The van der Waals surface area contributed by atoms with Gasteiger partial charge >= 0.3 is 0 Å². The standard InChI is InChI=1S/C15H20N2O/c1-2-15(6-7-15)10-17-14(18)12-3-4-13-11(9-12)5-8-16-13/h3-4,9,16H,2,5-8,10H2,1H3,(H,17,18). The number of nitrogens with one attached hydrogen (secondary N) is 2. The number of hydrogen-bond acceptors (Lipinski definition) is 2. The number of benzene rings is 1. The quantitative estimate of drug-likeness (QED) is 0.854. The molecule has 0 bridgehead atoms. The summed E-state index contributed by atoms with van der Waals surface area (Å²) in [4.78, 5) is 12.1. The monoisotopic (exact) mass is 244 g/mol. The maximum absolute atomic E-state index is 12.1. The van der Waals surface area contributed by atoms with Crippen LogP contribution in [0.4, 0.5) is 5.69 Å². The van der Waals surface area contributed by atoms with Crippen LogP contribution in [-0.2, 0) is 6.42 Å². The van der Waals surface area contributed by atoms with Gasteiger partial charge in [0.05, 0.1) is 0 Å². The summed E-state index contributed by atoms with van der Waals surface area (Å²) in [6.45, 7) is 4.03. The summed E-state index contributed by atoms with van der Waals surface area (Å²) in [7, 11) is 0. The number of carbonyl (C=O) groups excluding carboxylic acids is 1. The van der Waals surface area contributed by atoms with E-state index in [2.05, 4.69) is 17.6 Å². The third-order valence-electron chi connectivity index (χ3n) is 4.41. The van der Waals surface area contributed by atoms with Crippen LogP contribution in [0, 0.1) is 5.41 Å². The molecule has 0 saturated heterocycles. The Balaban J connectivity index is 1.65. The molecule has 1 amide bonds. The lowest BCUT2D eigenvalue weighted by molar-refractivity contribution is 0.0944. The molecule has 0 radical (unpaired) electrons. The van der Waals surface area contributed by atoms with Crippen molar-refractivity contribution in [3.8, 4) is 0 Å². The predicted molar refractivity (Wildman–Crippen MR) is 72.9 cm³/mol. The van der Waals surface area contributed by atoms with Crippen LogP contribution in [0.25, 0.3) is 0 Å². The fourth-order valence-electron chi connectivity index (χ4n) is 2.65. The minimum Gasteiger partial charge on any atom is -0.384 e. The second-order valence-corrected chi connectivity index (χ2v) is 5.58. The molecular weight excluding hydrogens is 224 g/mol. The first kappa shape index (κ1) is 11.6. The first-order valence-corrected chi connectivity index (χ1v) is 6.87. The summed E-state index contributed by atoms with van der Waals surface area (Å²) in [5.41, 5.74) is 3.65. The third-order valence-corrected chi connectivity index (χ3v) is 4.41. The molecule has 2 N–H and O–H groups in total. The summed E-state index contributed by atoms with van der Waals surface area (Å²) in [5.74, 6) is 0.0735. The van der Waals surface area contributed by atoms with Crippen molar-refractivity contribution in [3.63, 3.8) is 0 Å². The number of amides is 1. The average Bonchev–Trinajstić information content (AvgIpc) is 3.04. The molecule has 2 aliphatic rings. The fourth-order valence-corrected chi connectivity index (χ4v) is 2.65. The zero-order chi connectivity index (χ0) is 12.6. The van der Waals surface area contributed by atoms with Gasteiger partial charge in [-0.05, 0) is 54.9 Å². The summed E-state index contributed by atoms with van der Waals surface area (Å²) < 4.78 is 0. The zero-order valence-electron chi connectivity index (χ0n) is 10.9. The van der Waals surface area contributed by atoms with Crippen molar-refractivity contribution in [1.82, 2.24) is 5.32 Å². The topological polar surface area (TPSA) is 41.1 Å². The highest BCUT2D eigenvalue weighted by Crippen LogP contribution is 2.47. The van der Waals surface area contributed by atoms with Gasteiger partial charge in [0.15, 0.2) is 0 Å². The SMILES string of the molecule is CCC1(CNC(=O)c2ccc3c(c2)CCN3)CC1. The Labute approximate surface area is 108 Å². The molecular formula is C15H20N2O. The normalized spacial score (nSPS) is 18.9. The predicted octanol–water partition coefficient (Wildman–Crippen LogP) is 2.57. The second kappa shape index (κ2) is 4.30. The molecule has 96 valence electrons. The van der Waals surface area contributed by atoms with Crippen molar-refractivity contribution in [2.75, 3.05) is 18.4 Å². The van der Waals surface area contributed by atoms with Gasteiger partial charge in [0.2, 0.25) is 0 Å². The summed E-state index contributed by atoms with van der Waals surface area (Å²) in [6.07, 6.45) is 4.71. The molecule has 0 spiro atoms. The van der Waals surface area contributed by atoms with Gasteiger partial charge in [-0.1, -0.05) is 6.92 Å². The molecule has 3 nitrogen and oxygen atoms in total. The van der Waals surface area contributed by atoms with Crippen LogP contribution >= 0.6 is 0 Å². The van der Waals surface area contributed by atoms with Crippen LogP contribution in [0.2, 0.25) is 0 Å². The van der Waals surface area contributed by atoms with Crippen LogP contribution in [0.3, 0.4) is 0 Å². The Kier molecular flexibility index (Phi) is 2.77.